The summed E-state index contributed by atoms with van der Waals surface area (Å²) < 4.78 is 10.3. The molecule has 0 aliphatic carbocycles. The van der Waals surface area contributed by atoms with E-state index in [2.05, 4.69) is 39.3 Å². The number of rotatable bonds is 6. The summed E-state index contributed by atoms with van der Waals surface area (Å²) in [5, 5.41) is 3.97. The van der Waals surface area contributed by atoms with Crippen molar-refractivity contribution in [1.82, 2.24) is 15.0 Å². The van der Waals surface area contributed by atoms with E-state index in [4.69, 9.17) is 15.0 Å². The van der Waals surface area contributed by atoms with E-state index in [0.29, 0.717) is 37.2 Å². The van der Waals surface area contributed by atoms with Crippen LogP contribution in [0.15, 0.2) is 34.9 Å². The summed E-state index contributed by atoms with van der Waals surface area (Å²) in [7, 11) is 1.66. The van der Waals surface area contributed by atoms with Crippen LogP contribution in [0.2, 0.25) is 0 Å². The van der Waals surface area contributed by atoms with Crippen molar-refractivity contribution < 1.29 is 9.26 Å². The topological polar surface area (TPSA) is 77.4 Å². The van der Waals surface area contributed by atoms with E-state index < -0.39 is 0 Å². The van der Waals surface area contributed by atoms with Gasteiger partial charge < -0.3 is 15.0 Å². The van der Waals surface area contributed by atoms with Crippen LogP contribution in [0, 0.1) is 0 Å². The first kappa shape index (κ1) is 15.1. The molecule has 1 aromatic heterocycles. The van der Waals surface area contributed by atoms with Gasteiger partial charge in [-0.25, -0.2) is 0 Å². The van der Waals surface area contributed by atoms with E-state index in [1.807, 2.05) is 6.07 Å². The summed E-state index contributed by atoms with van der Waals surface area (Å²) in [4.78, 5) is 6.67. The Balaban J connectivity index is 1.59. The van der Waals surface area contributed by atoms with Gasteiger partial charge in [-0.1, -0.05) is 35.5 Å². The summed E-state index contributed by atoms with van der Waals surface area (Å²) in [6.45, 7) is 3.01. The largest absolute Gasteiger partial charge is 0.384 e. The average Bonchev–Trinajstić information content (AvgIpc) is 3.13. The van der Waals surface area contributed by atoms with Crippen LogP contribution in [0.4, 0.5) is 0 Å². The molecular formula is C16H22N4O2. The van der Waals surface area contributed by atoms with Crippen molar-refractivity contribution in [2.45, 2.75) is 24.9 Å². The van der Waals surface area contributed by atoms with Crippen LogP contribution in [0.3, 0.4) is 0 Å². The lowest BCUT2D eigenvalue weighted by molar-refractivity contribution is 0.199. The van der Waals surface area contributed by atoms with Crippen LogP contribution >= 0.6 is 0 Å². The molecule has 1 aromatic carbocycles. The Kier molecular flexibility index (Phi) is 4.82. The molecule has 22 heavy (non-hydrogen) atoms. The zero-order valence-corrected chi connectivity index (χ0v) is 12.8. The molecule has 2 heterocycles. The van der Waals surface area contributed by atoms with Crippen molar-refractivity contribution in [3.05, 3.63) is 47.6 Å². The number of hydrogen-bond acceptors (Lipinski definition) is 6. The number of hydrogen-bond donors (Lipinski definition) is 1. The van der Waals surface area contributed by atoms with Crippen LogP contribution in [-0.2, 0) is 17.7 Å². The molecule has 6 heteroatoms. The third-order valence-electron chi connectivity index (χ3n) is 4.07. The second-order valence-corrected chi connectivity index (χ2v) is 5.72. The van der Waals surface area contributed by atoms with Gasteiger partial charge in [0.1, 0.15) is 0 Å². The lowest BCUT2D eigenvalue weighted by atomic mass is 9.95. The number of nitrogens with two attached hydrogens (primary N) is 1. The highest BCUT2D eigenvalue weighted by atomic mass is 16.5. The van der Waals surface area contributed by atoms with E-state index in [1.165, 1.54) is 5.56 Å². The Hall–Kier alpha value is -1.76. The minimum atomic E-state index is 0.137. The number of aromatic nitrogens is 2. The standard InChI is InChI=1S/C16H22N4O2/c1-21-8-7-15-18-16(22-19-15)11-20-9-13(14(17)10-20)12-5-3-2-4-6-12/h2-6,13-14H,7-11,17H2,1H3/t13-,14+/m0/s1. The smallest absolute Gasteiger partial charge is 0.240 e. The molecule has 0 spiro atoms. The molecular weight excluding hydrogens is 280 g/mol. The predicted octanol–water partition coefficient (Wildman–Crippen LogP) is 1.19. The Labute approximate surface area is 130 Å². The molecule has 1 aliphatic heterocycles. The van der Waals surface area contributed by atoms with E-state index >= 15 is 0 Å². The maximum absolute atomic E-state index is 6.30. The molecule has 0 saturated carbocycles. The minimum Gasteiger partial charge on any atom is -0.384 e. The zero-order chi connectivity index (χ0) is 15.4. The summed E-state index contributed by atoms with van der Waals surface area (Å²) >= 11 is 0. The summed E-state index contributed by atoms with van der Waals surface area (Å²) in [6, 6.07) is 10.6. The molecule has 3 rings (SSSR count). The number of nitrogens with zero attached hydrogens (tertiary/aromatic N) is 3. The zero-order valence-electron chi connectivity index (χ0n) is 12.8. The SMILES string of the molecule is COCCc1noc(CN2C[C@@H](N)[C@H](c3ccccc3)C2)n1. The molecule has 1 fully saturated rings. The normalized spacial score (nSPS) is 22.3. The minimum absolute atomic E-state index is 0.137. The highest BCUT2D eigenvalue weighted by molar-refractivity contribution is 5.23. The maximum atomic E-state index is 6.30. The first-order valence-electron chi connectivity index (χ1n) is 7.59. The fraction of sp³-hybridized carbons (Fsp3) is 0.500. The van der Waals surface area contributed by atoms with Gasteiger partial charge in [0.25, 0.3) is 0 Å². The van der Waals surface area contributed by atoms with E-state index in [1.54, 1.807) is 7.11 Å². The fourth-order valence-corrected chi connectivity index (χ4v) is 2.94. The van der Waals surface area contributed by atoms with E-state index in [9.17, 15) is 0 Å². The highest BCUT2D eigenvalue weighted by Gasteiger charge is 2.31. The molecule has 2 atom stereocenters. The molecule has 2 aromatic rings. The Morgan fingerprint density at radius 2 is 2.14 bits per heavy atom. The van der Waals surface area contributed by atoms with E-state index in [0.717, 1.165) is 13.1 Å². The van der Waals surface area contributed by atoms with Crippen LogP contribution in [0.1, 0.15) is 23.2 Å². The molecule has 0 unspecified atom stereocenters. The van der Waals surface area contributed by atoms with Gasteiger partial charge >= 0.3 is 0 Å². The highest BCUT2D eigenvalue weighted by Crippen LogP contribution is 2.27. The van der Waals surface area contributed by atoms with Gasteiger partial charge in [-0.15, -0.1) is 0 Å². The Morgan fingerprint density at radius 1 is 1.32 bits per heavy atom. The van der Waals surface area contributed by atoms with Crippen LogP contribution in [0.5, 0.6) is 0 Å². The van der Waals surface area contributed by atoms with Gasteiger partial charge in [-0.05, 0) is 5.56 Å². The first-order valence-corrected chi connectivity index (χ1v) is 7.59. The number of likely N-dealkylation sites (tertiary alicyclic amines) is 1. The molecule has 0 bridgehead atoms. The number of ether oxygens (including phenoxy) is 1. The third-order valence-corrected chi connectivity index (χ3v) is 4.07. The summed E-state index contributed by atoms with van der Waals surface area (Å²) in [5.41, 5.74) is 7.60. The quantitative estimate of drug-likeness (QED) is 0.863. The van der Waals surface area contributed by atoms with Crippen molar-refractivity contribution >= 4 is 0 Å². The molecule has 2 N–H and O–H groups in total. The van der Waals surface area contributed by atoms with Crippen LogP contribution in [-0.4, -0.2) is 47.9 Å². The Bertz CT molecular complexity index is 587. The number of benzene rings is 1. The predicted molar refractivity (Wildman–Crippen MR) is 82.3 cm³/mol. The van der Waals surface area contributed by atoms with Gasteiger partial charge in [-0.3, -0.25) is 4.90 Å². The Morgan fingerprint density at radius 3 is 2.91 bits per heavy atom. The van der Waals surface area contributed by atoms with Gasteiger partial charge in [0, 0.05) is 38.6 Å². The fourth-order valence-electron chi connectivity index (χ4n) is 2.94. The number of methoxy groups -OCH3 is 1. The average molecular weight is 302 g/mol. The lowest BCUT2D eigenvalue weighted by Gasteiger charge is -2.14. The van der Waals surface area contributed by atoms with E-state index in [-0.39, 0.29) is 6.04 Å². The van der Waals surface area contributed by atoms with Gasteiger partial charge in [0.05, 0.1) is 13.2 Å². The molecule has 1 saturated heterocycles. The van der Waals surface area contributed by atoms with Crippen LogP contribution in [0.25, 0.3) is 0 Å². The molecule has 0 amide bonds. The van der Waals surface area contributed by atoms with Gasteiger partial charge in [-0.2, -0.15) is 4.98 Å². The monoisotopic (exact) mass is 302 g/mol. The summed E-state index contributed by atoms with van der Waals surface area (Å²) in [6.07, 6.45) is 0.673. The van der Waals surface area contributed by atoms with Gasteiger partial charge in [0.2, 0.25) is 5.89 Å². The molecule has 1 aliphatic rings. The van der Waals surface area contributed by atoms with Crippen molar-refractivity contribution in [3.8, 4) is 0 Å². The lowest BCUT2D eigenvalue weighted by Crippen LogP contribution is -2.28. The van der Waals surface area contributed by atoms with Crippen molar-refractivity contribution in [2.24, 2.45) is 5.73 Å². The second-order valence-electron chi connectivity index (χ2n) is 5.72. The summed E-state index contributed by atoms with van der Waals surface area (Å²) in [5.74, 6) is 1.70. The second kappa shape index (κ2) is 7.00. The van der Waals surface area contributed by atoms with Crippen LogP contribution < -0.4 is 5.73 Å². The maximum Gasteiger partial charge on any atom is 0.240 e. The molecule has 118 valence electrons. The van der Waals surface area contributed by atoms with Crippen molar-refractivity contribution in [3.63, 3.8) is 0 Å². The third kappa shape index (κ3) is 3.52. The van der Waals surface area contributed by atoms with Crippen molar-refractivity contribution in [1.29, 1.82) is 0 Å². The van der Waals surface area contributed by atoms with Gasteiger partial charge in [0.15, 0.2) is 5.82 Å². The molecule has 0 radical (unpaired) electrons. The molecule has 6 nitrogen and oxygen atoms in total. The van der Waals surface area contributed by atoms with Crippen molar-refractivity contribution in [2.75, 3.05) is 26.8 Å². The first-order chi connectivity index (χ1) is 10.8.